The highest BCUT2D eigenvalue weighted by atomic mass is 16.1. The lowest BCUT2D eigenvalue weighted by Gasteiger charge is -2.12. The van der Waals surface area contributed by atoms with Gasteiger partial charge in [0.2, 0.25) is 0 Å². The van der Waals surface area contributed by atoms with Gasteiger partial charge in [-0.1, -0.05) is 0 Å². The Morgan fingerprint density at radius 3 is 3.11 bits per heavy atom. The molecule has 1 heterocycles. The number of rotatable bonds is 2. The van der Waals surface area contributed by atoms with Crippen molar-refractivity contribution in [1.29, 1.82) is 0 Å². The largest absolute Gasteiger partial charge is 0.352 e. The Bertz CT molecular complexity index is 142. The van der Waals surface area contributed by atoms with E-state index in [1.807, 2.05) is 11.8 Å². The molecule has 1 aliphatic rings. The molecule has 3 nitrogen and oxygen atoms in total. The summed E-state index contributed by atoms with van der Waals surface area (Å²) in [5.74, 6) is 0.988. The van der Waals surface area contributed by atoms with Crippen LogP contribution >= 0.6 is 0 Å². The van der Waals surface area contributed by atoms with Crippen LogP contribution in [0.3, 0.4) is 0 Å². The maximum Gasteiger partial charge on any atom is 0.139 e. The fraction of sp³-hybridized carbons (Fsp3) is 0.667. The van der Waals surface area contributed by atoms with E-state index in [0.717, 1.165) is 25.2 Å². The van der Waals surface area contributed by atoms with E-state index in [1.54, 1.807) is 0 Å². The second-order valence-corrected chi connectivity index (χ2v) is 2.04. The normalized spacial score (nSPS) is 17.9. The molecule has 0 saturated carbocycles. The zero-order chi connectivity index (χ0) is 6.69. The van der Waals surface area contributed by atoms with Gasteiger partial charge in [0.15, 0.2) is 0 Å². The van der Waals surface area contributed by atoms with Gasteiger partial charge in [-0.3, -0.25) is 4.99 Å². The molecule has 0 bridgehead atoms. The highest BCUT2D eigenvalue weighted by Gasteiger charge is 2.09. The summed E-state index contributed by atoms with van der Waals surface area (Å²) in [7, 11) is 0. The summed E-state index contributed by atoms with van der Waals surface area (Å²) in [5, 5.41) is 0. The lowest BCUT2D eigenvalue weighted by molar-refractivity contribution is -0.108. The van der Waals surface area contributed by atoms with Crippen LogP contribution in [0.1, 0.15) is 6.92 Å². The Kier molecular flexibility index (Phi) is 1.82. The van der Waals surface area contributed by atoms with E-state index >= 15 is 0 Å². The fourth-order valence-electron chi connectivity index (χ4n) is 0.908. The standard InChI is InChI=1S/C6H10N2O/c1-6-7-2-3-8(6)4-5-9/h5H,2-4H2,1H3. The van der Waals surface area contributed by atoms with Crippen molar-refractivity contribution >= 4 is 12.1 Å². The van der Waals surface area contributed by atoms with Gasteiger partial charge in [0.05, 0.1) is 18.9 Å². The van der Waals surface area contributed by atoms with E-state index < -0.39 is 0 Å². The molecular formula is C6H10N2O. The van der Waals surface area contributed by atoms with E-state index in [1.165, 1.54) is 0 Å². The van der Waals surface area contributed by atoms with Gasteiger partial charge in [-0.05, 0) is 6.92 Å². The molecule has 9 heavy (non-hydrogen) atoms. The Hall–Kier alpha value is -0.860. The molecule has 0 aromatic rings. The number of nitrogens with zero attached hydrogens (tertiary/aromatic N) is 2. The number of aldehydes is 1. The van der Waals surface area contributed by atoms with E-state index in [4.69, 9.17) is 0 Å². The molecule has 0 aliphatic carbocycles. The van der Waals surface area contributed by atoms with Crippen LogP contribution in [0.15, 0.2) is 4.99 Å². The predicted molar refractivity (Wildman–Crippen MR) is 35.6 cm³/mol. The first-order valence-electron chi connectivity index (χ1n) is 3.04. The number of aliphatic imine (C=N–C) groups is 1. The van der Waals surface area contributed by atoms with Crippen molar-refractivity contribution in [2.75, 3.05) is 19.6 Å². The van der Waals surface area contributed by atoms with Crippen molar-refractivity contribution in [2.24, 2.45) is 4.99 Å². The van der Waals surface area contributed by atoms with E-state index in [-0.39, 0.29) is 0 Å². The second-order valence-electron chi connectivity index (χ2n) is 2.04. The molecule has 0 atom stereocenters. The summed E-state index contributed by atoms with van der Waals surface area (Å²) >= 11 is 0. The number of hydrogen-bond acceptors (Lipinski definition) is 3. The smallest absolute Gasteiger partial charge is 0.139 e. The Labute approximate surface area is 54.4 Å². The molecule has 1 aliphatic heterocycles. The minimum atomic E-state index is 0.495. The van der Waals surface area contributed by atoms with Crippen molar-refractivity contribution in [2.45, 2.75) is 6.92 Å². The lowest BCUT2D eigenvalue weighted by Crippen LogP contribution is -2.27. The van der Waals surface area contributed by atoms with Gasteiger partial charge in [0.25, 0.3) is 0 Å². The van der Waals surface area contributed by atoms with Crippen molar-refractivity contribution in [3.63, 3.8) is 0 Å². The molecule has 0 radical (unpaired) electrons. The third-order valence-electron chi connectivity index (χ3n) is 1.46. The molecule has 0 aromatic heterocycles. The first-order valence-corrected chi connectivity index (χ1v) is 3.04. The lowest BCUT2D eigenvalue weighted by atomic mass is 10.5. The van der Waals surface area contributed by atoms with Crippen LogP contribution in [0.5, 0.6) is 0 Å². The van der Waals surface area contributed by atoms with Crippen LogP contribution in [0.2, 0.25) is 0 Å². The predicted octanol–water partition coefficient (Wildman–Crippen LogP) is -0.0807. The van der Waals surface area contributed by atoms with Gasteiger partial charge in [-0.15, -0.1) is 0 Å². The SMILES string of the molecule is CC1=NCCN1CC=O. The van der Waals surface area contributed by atoms with Crippen LogP contribution < -0.4 is 0 Å². The first kappa shape index (κ1) is 6.26. The minimum Gasteiger partial charge on any atom is -0.352 e. The van der Waals surface area contributed by atoms with Crippen molar-refractivity contribution in [3.8, 4) is 0 Å². The van der Waals surface area contributed by atoms with Crippen molar-refractivity contribution in [1.82, 2.24) is 4.90 Å². The van der Waals surface area contributed by atoms with Crippen LogP contribution in [0.25, 0.3) is 0 Å². The number of carbonyl (C=O) groups excluding carboxylic acids is 1. The maximum absolute atomic E-state index is 10.0. The minimum absolute atomic E-state index is 0.495. The Morgan fingerprint density at radius 2 is 2.67 bits per heavy atom. The highest BCUT2D eigenvalue weighted by molar-refractivity contribution is 5.82. The highest BCUT2D eigenvalue weighted by Crippen LogP contribution is 1.97. The van der Waals surface area contributed by atoms with Gasteiger partial charge in [0, 0.05) is 6.54 Å². The Balaban J connectivity index is 2.42. The topological polar surface area (TPSA) is 32.7 Å². The quantitative estimate of drug-likeness (QED) is 0.485. The molecule has 0 saturated heterocycles. The monoisotopic (exact) mass is 126 g/mol. The van der Waals surface area contributed by atoms with Gasteiger partial charge < -0.3 is 9.69 Å². The first-order chi connectivity index (χ1) is 4.34. The summed E-state index contributed by atoms with van der Waals surface area (Å²) < 4.78 is 0. The van der Waals surface area contributed by atoms with Gasteiger partial charge in [-0.25, -0.2) is 0 Å². The molecule has 0 fully saturated rings. The van der Waals surface area contributed by atoms with Gasteiger partial charge in [-0.2, -0.15) is 0 Å². The molecule has 0 unspecified atom stereocenters. The maximum atomic E-state index is 10.0. The average molecular weight is 126 g/mol. The molecule has 3 heteroatoms. The van der Waals surface area contributed by atoms with E-state index in [2.05, 4.69) is 4.99 Å². The molecule has 1 rings (SSSR count). The molecule has 0 spiro atoms. The van der Waals surface area contributed by atoms with Crippen molar-refractivity contribution < 1.29 is 4.79 Å². The molecular weight excluding hydrogens is 116 g/mol. The van der Waals surface area contributed by atoms with Gasteiger partial charge >= 0.3 is 0 Å². The fourth-order valence-corrected chi connectivity index (χ4v) is 0.908. The molecule has 0 amide bonds. The zero-order valence-electron chi connectivity index (χ0n) is 5.50. The summed E-state index contributed by atoms with van der Waals surface area (Å²) in [5.41, 5.74) is 0. The number of carbonyl (C=O) groups is 1. The van der Waals surface area contributed by atoms with Crippen molar-refractivity contribution in [3.05, 3.63) is 0 Å². The third kappa shape index (κ3) is 1.28. The summed E-state index contributed by atoms with van der Waals surface area (Å²) in [6, 6.07) is 0. The van der Waals surface area contributed by atoms with E-state index in [9.17, 15) is 4.79 Å². The van der Waals surface area contributed by atoms with Crippen LogP contribution in [-0.4, -0.2) is 36.7 Å². The van der Waals surface area contributed by atoms with Crippen LogP contribution in [0.4, 0.5) is 0 Å². The van der Waals surface area contributed by atoms with Gasteiger partial charge in [0.1, 0.15) is 6.29 Å². The van der Waals surface area contributed by atoms with Crippen LogP contribution in [0, 0.1) is 0 Å². The van der Waals surface area contributed by atoms with E-state index in [0.29, 0.717) is 6.54 Å². The molecule has 0 aromatic carbocycles. The van der Waals surface area contributed by atoms with Crippen LogP contribution in [-0.2, 0) is 4.79 Å². The second kappa shape index (κ2) is 2.62. The summed E-state index contributed by atoms with van der Waals surface area (Å²) in [6.07, 6.45) is 0.907. The summed E-state index contributed by atoms with van der Waals surface area (Å²) in [4.78, 5) is 16.1. The third-order valence-corrected chi connectivity index (χ3v) is 1.46. The molecule has 50 valence electrons. The number of hydrogen-bond donors (Lipinski definition) is 0. The summed E-state index contributed by atoms with van der Waals surface area (Å²) in [6.45, 7) is 4.18. The average Bonchev–Trinajstić information content (AvgIpc) is 2.18. The molecule has 0 N–H and O–H groups in total. The number of amidine groups is 1. The Morgan fingerprint density at radius 1 is 1.89 bits per heavy atom. The zero-order valence-corrected chi connectivity index (χ0v) is 5.50.